The van der Waals surface area contributed by atoms with Crippen molar-refractivity contribution in [3.8, 4) is 0 Å². The summed E-state index contributed by atoms with van der Waals surface area (Å²) >= 11 is 0. The van der Waals surface area contributed by atoms with Crippen LogP contribution in [0.1, 0.15) is 38.3 Å². The van der Waals surface area contributed by atoms with Crippen LogP contribution in [0.25, 0.3) is 10.9 Å². The third-order valence-corrected chi connectivity index (χ3v) is 4.34. The molecule has 0 spiro atoms. The summed E-state index contributed by atoms with van der Waals surface area (Å²) in [5, 5.41) is 4.69. The van der Waals surface area contributed by atoms with Gasteiger partial charge in [-0.1, -0.05) is 0 Å². The second-order valence-electron chi connectivity index (χ2n) is 6.23. The monoisotopic (exact) mass is 274 g/mol. The SMILES string of the molecule is CC(C)n1cc(C[C@H]2CCCNC2)c2ccc(F)cc21. The van der Waals surface area contributed by atoms with Crippen LogP contribution in [0.4, 0.5) is 4.39 Å². The molecule has 2 aromatic rings. The van der Waals surface area contributed by atoms with E-state index in [0.717, 1.165) is 25.0 Å². The third-order valence-electron chi connectivity index (χ3n) is 4.34. The van der Waals surface area contributed by atoms with Crippen molar-refractivity contribution in [2.75, 3.05) is 13.1 Å². The maximum absolute atomic E-state index is 13.5. The minimum atomic E-state index is -0.150. The molecule has 2 heterocycles. The summed E-state index contributed by atoms with van der Waals surface area (Å²) in [5.41, 5.74) is 2.39. The molecule has 0 radical (unpaired) electrons. The lowest BCUT2D eigenvalue weighted by Gasteiger charge is -2.22. The van der Waals surface area contributed by atoms with Gasteiger partial charge in [-0.05, 0) is 75.9 Å². The van der Waals surface area contributed by atoms with Gasteiger partial charge in [-0.2, -0.15) is 0 Å². The number of hydrogen-bond acceptors (Lipinski definition) is 1. The van der Waals surface area contributed by atoms with Gasteiger partial charge in [0.2, 0.25) is 0 Å². The fraction of sp³-hybridized carbons (Fsp3) is 0.529. The molecule has 1 saturated heterocycles. The zero-order valence-corrected chi connectivity index (χ0v) is 12.3. The molecule has 1 atom stereocenters. The van der Waals surface area contributed by atoms with Crippen molar-refractivity contribution >= 4 is 10.9 Å². The summed E-state index contributed by atoms with van der Waals surface area (Å²) in [6.45, 7) is 6.55. The number of hydrogen-bond donors (Lipinski definition) is 1. The molecule has 3 rings (SSSR count). The number of halogens is 1. The lowest BCUT2D eigenvalue weighted by Crippen LogP contribution is -2.30. The molecule has 1 aliphatic rings. The molecule has 2 nitrogen and oxygen atoms in total. The van der Waals surface area contributed by atoms with Crippen molar-refractivity contribution in [1.29, 1.82) is 0 Å². The molecule has 20 heavy (non-hydrogen) atoms. The molecule has 0 aliphatic carbocycles. The number of piperidine rings is 1. The van der Waals surface area contributed by atoms with Crippen LogP contribution in [0.15, 0.2) is 24.4 Å². The van der Waals surface area contributed by atoms with Gasteiger partial charge in [0.15, 0.2) is 0 Å². The van der Waals surface area contributed by atoms with E-state index >= 15 is 0 Å². The number of aromatic nitrogens is 1. The number of rotatable bonds is 3. The molecular formula is C17H23FN2. The highest BCUT2D eigenvalue weighted by atomic mass is 19.1. The van der Waals surface area contributed by atoms with Gasteiger partial charge in [-0.25, -0.2) is 4.39 Å². The second kappa shape index (κ2) is 5.57. The summed E-state index contributed by atoms with van der Waals surface area (Å²) in [5.74, 6) is 0.559. The Morgan fingerprint density at radius 3 is 2.95 bits per heavy atom. The Balaban J connectivity index is 1.97. The summed E-state index contributed by atoms with van der Waals surface area (Å²) in [6, 6.07) is 5.54. The Morgan fingerprint density at radius 2 is 2.25 bits per heavy atom. The minimum absolute atomic E-state index is 0.150. The van der Waals surface area contributed by atoms with E-state index in [4.69, 9.17) is 0 Å². The zero-order valence-electron chi connectivity index (χ0n) is 12.3. The lowest BCUT2D eigenvalue weighted by atomic mass is 9.92. The van der Waals surface area contributed by atoms with Crippen molar-refractivity contribution in [3.63, 3.8) is 0 Å². The molecule has 1 aromatic carbocycles. The molecule has 0 amide bonds. The number of benzene rings is 1. The van der Waals surface area contributed by atoms with Crippen molar-refractivity contribution in [3.05, 3.63) is 35.8 Å². The summed E-state index contributed by atoms with van der Waals surface area (Å²) in [4.78, 5) is 0. The van der Waals surface area contributed by atoms with Gasteiger partial charge >= 0.3 is 0 Å². The molecule has 0 saturated carbocycles. The van der Waals surface area contributed by atoms with E-state index in [9.17, 15) is 4.39 Å². The summed E-state index contributed by atoms with van der Waals surface area (Å²) in [7, 11) is 0. The molecule has 108 valence electrons. The first-order chi connectivity index (χ1) is 9.65. The molecule has 0 bridgehead atoms. The Labute approximate surface area is 120 Å². The van der Waals surface area contributed by atoms with E-state index in [1.54, 1.807) is 12.1 Å². The van der Waals surface area contributed by atoms with E-state index in [-0.39, 0.29) is 5.82 Å². The topological polar surface area (TPSA) is 17.0 Å². The first-order valence-electron chi connectivity index (χ1n) is 7.65. The van der Waals surface area contributed by atoms with Gasteiger partial charge in [0, 0.05) is 17.6 Å². The molecule has 1 fully saturated rings. The molecule has 3 heteroatoms. The van der Waals surface area contributed by atoms with Gasteiger partial charge in [-0.3, -0.25) is 0 Å². The average Bonchev–Trinajstić information content (AvgIpc) is 2.78. The number of fused-ring (bicyclic) bond motifs is 1. The first kappa shape index (κ1) is 13.6. The van der Waals surface area contributed by atoms with Crippen molar-refractivity contribution in [1.82, 2.24) is 9.88 Å². The Kier molecular flexibility index (Phi) is 3.79. The van der Waals surface area contributed by atoms with Gasteiger partial charge in [-0.15, -0.1) is 0 Å². The normalized spacial score (nSPS) is 19.9. The van der Waals surface area contributed by atoms with Crippen LogP contribution in [0.2, 0.25) is 0 Å². The molecule has 0 unspecified atom stereocenters. The summed E-state index contributed by atoms with van der Waals surface area (Å²) in [6.07, 6.45) is 5.88. The van der Waals surface area contributed by atoms with Crippen molar-refractivity contribution in [2.24, 2.45) is 5.92 Å². The Bertz CT molecular complexity index is 594. The predicted molar refractivity (Wildman–Crippen MR) is 81.6 cm³/mol. The fourth-order valence-corrected chi connectivity index (χ4v) is 3.30. The van der Waals surface area contributed by atoms with Crippen molar-refractivity contribution in [2.45, 2.75) is 39.2 Å². The van der Waals surface area contributed by atoms with E-state index in [1.807, 2.05) is 6.07 Å². The lowest BCUT2D eigenvalue weighted by molar-refractivity contribution is 0.376. The second-order valence-corrected chi connectivity index (χ2v) is 6.23. The first-order valence-corrected chi connectivity index (χ1v) is 7.65. The Morgan fingerprint density at radius 1 is 1.40 bits per heavy atom. The largest absolute Gasteiger partial charge is 0.345 e. The summed E-state index contributed by atoms with van der Waals surface area (Å²) < 4.78 is 15.7. The van der Waals surface area contributed by atoms with Crippen LogP contribution < -0.4 is 5.32 Å². The fourth-order valence-electron chi connectivity index (χ4n) is 3.30. The zero-order chi connectivity index (χ0) is 14.1. The van der Waals surface area contributed by atoms with Crippen LogP contribution in [0.3, 0.4) is 0 Å². The van der Waals surface area contributed by atoms with Gasteiger partial charge in [0.05, 0.1) is 5.52 Å². The maximum Gasteiger partial charge on any atom is 0.125 e. The van der Waals surface area contributed by atoms with E-state index in [0.29, 0.717) is 12.0 Å². The van der Waals surface area contributed by atoms with E-state index in [1.165, 1.54) is 23.8 Å². The third kappa shape index (κ3) is 2.59. The van der Waals surface area contributed by atoms with Crippen LogP contribution in [0.5, 0.6) is 0 Å². The standard InChI is InChI=1S/C17H23FN2/c1-12(2)20-11-14(8-13-4-3-7-19-10-13)16-6-5-15(18)9-17(16)20/h5-6,9,11-13,19H,3-4,7-8,10H2,1-2H3/t13-/m1/s1. The maximum atomic E-state index is 13.5. The average molecular weight is 274 g/mol. The molecule has 1 aliphatic heterocycles. The Hall–Kier alpha value is -1.35. The van der Waals surface area contributed by atoms with E-state index in [2.05, 4.69) is 29.9 Å². The highest BCUT2D eigenvalue weighted by molar-refractivity contribution is 5.84. The van der Waals surface area contributed by atoms with Crippen LogP contribution in [-0.4, -0.2) is 17.7 Å². The number of nitrogens with zero attached hydrogens (tertiary/aromatic N) is 1. The quantitative estimate of drug-likeness (QED) is 0.898. The predicted octanol–water partition coefficient (Wildman–Crippen LogP) is 3.90. The molecule has 1 N–H and O–H groups in total. The highest BCUT2D eigenvalue weighted by Crippen LogP contribution is 2.28. The van der Waals surface area contributed by atoms with Gasteiger partial charge < -0.3 is 9.88 Å². The van der Waals surface area contributed by atoms with Crippen LogP contribution in [0, 0.1) is 11.7 Å². The van der Waals surface area contributed by atoms with Crippen molar-refractivity contribution < 1.29 is 4.39 Å². The number of nitrogens with one attached hydrogen (secondary N) is 1. The molecular weight excluding hydrogens is 251 g/mol. The van der Waals surface area contributed by atoms with Crippen LogP contribution >= 0.6 is 0 Å². The minimum Gasteiger partial charge on any atom is -0.345 e. The van der Waals surface area contributed by atoms with Crippen LogP contribution in [-0.2, 0) is 6.42 Å². The molecule has 1 aromatic heterocycles. The van der Waals surface area contributed by atoms with Gasteiger partial charge in [0.25, 0.3) is 0 Å². The van der Waals surface area contributed by atoms with Gasteiger partial charge in [0.1, 0.15) is 5.82 Å². The smallest absolute Gasteiger partial charge is 0.125 e. The van der Waals surface area contributed by atoms with E-state index < -0.39 is 0 Å². The highest BCUT2D eigenvalue weighted by Gasteiger charge is 2.17.